The summed E-state index contributed by atoms with van der Waals surface area (Å²) in [5.41, 5.74) is 1.15. The van der Waals surface area contributed by atoms with E-state index in [9.17, 15) is 14.9 Å². The lowest BCUT2D eigenvalue weighted by Crippen LogP contribution is -2.31. The predicted molar refractivity (Wildman–Crippen MR) is 88.3 cm³/mol. The van der Waals surface area contributed by atoms with Crippen molar-refractivity contribution in [1.29, 1.82) is 0 Å². The number of hydrogen-bond acceptors (Lipinski definition) is 6. The number of nitrogens with one attached hydrogen (secondary N) is 2. The average Bonchev–Trinajstić information content (AvgIpc) is 3.43. The highest BCUT2D eigenvalue weighted by atomic mass is 16.6. The Morgan fingerprint density at radius 3 is 2.75 bits per heavy atom. The Kier molecular flexibility index (Phi) is 4.64. The van der Waals surface area contributed by atoms with Crippen LogP contribution in [-0.2, 0) is 4.79 Å². The summed E-state index contributed by atoms with van der Waals surface area (Å²) < 4.78 is 0. The van der Waals surface area contributed by atoms with Gasteiger partial charge >= 0.3 is 0 Å². The Hall–Kier alpha value is -3.03. The van der Waals surface area contributed by atoms with Gasteiger partial charge in [-0.15, -0.1) is 10.2 Å². The smallest absolute Gasteiger partial charge is 0.270 e. The van der Waals surface area contributed by atoms with Gasteiger partial charge in [0.1, 0.15) is 5.82 Å². The van der Waals surface area contributed by atoms with Gasteiger partial charge in [0.25, 0.3) is 5.69 Å². The van der Waals surface area contributed by atoms with Crippen LogP contribution in [0.3, 0.4) is 0 Å². The van der Waals surface area contributed by atoms with Crippen molar-refractivity contribution < 1.29 is 9.72 Å². The minimum Gasteiger partial charge on any atom is -0.360 e. The normalized spacial score (nSPS) is 13.3. The van der Waals surface area contributed by atoms with Crippen molar-refractivity contribution in [2.45, 2.75) is 12.8 Å². The summed E-state index contributed by atoms with van der Waals surface area (Å²) in [5.74, 6) is 1.04. The van der Waals surface area contributed by atoms with E-state index in [-0.39, 0.29) is 18.1 Å². The van der Waals surface area contributed by atoms with E-state index in [1.807, 2.05) is 0 Å². The molecule has 1 aliphatic carbocycles. The minimum absolute atomic E-state index is 0.00355. The van der Waals surface area contributed by atoms with Gasteiger partial charge in [0.05, 0.1) is 17.2 Å². The van der Waals surface area contributed by atoms with Gasteiger partial charge in [0.2, 0.25) is 5.91 Å². The molecule has 8 heteroatoms. The van der Waals surface area contributed by atoms with E-state index >= 15 is 0 Å². The number of hydrogen-bond donors (Lipinski definition) is 2. The Morgan fingerprint density at radius 2 is 2.08 bits per heavy atom. The lowest BCUT2D eigenvalue weighted by molar-refractivity contribution is -0.384. The third kappa shape index (κ3) is 4.25. The molecule has 2 N–H and O–H groups in total. The van der Waals surface area contributed by atoms with Crippen LogP contribution >= 0.6 is 0 Å². The molecule has 1 aromatic carbocycles. The topological polar surface area (TPSA) is 110 Å². The van der Waals surface area contributed by atoms with E-state index in [1.54, 1.807) is 24.3 Å². The zero-order valence-corrected chi connectivity index (χ0v) is 12.9. The van der Waals surface area contributed by atoms with Gasteiger partial charge in [0, 0.05) is 24.2 Å². The van der Waals surface area contributed by atoms with E-state index in [2.05, 4.69) is 20.8 Å². The average molecular weight is 327 g/mol. The summed E-state index contributed by atoms with van der Waals surface area (Å²) in [4.78, 5) is 22.0. The first kappa shape index (κ1) is 15.9. The molecule has 124 valence electrons. The quantitative estimate of drug-likeness (QED) is 0.594. The first-order valence-corrected chi connectivity index (χ1v) is 7.71. The van der Waals surface area contributed by atoms with E-state index < -0.39 is 4.92 Å². The van der Waals surface area contributed by atoms with E-state index in [0.717, 1.165) is 6.54 Å². The van der Waals surface area contributed by atoms with Crippen molar-refractivity contribution in [3.05, 3.63) is 46.5 Å². The lowest BCUT2D eigenvalue weighted by atomic mass is 10.1. The Balaban J connectivity index is 1.57. The summed E-state index contributed by atoms with van der Waals surface area (Å²) >= 11 is 0. The van der Waals surface area contributed by atoms with Gasteiger partial charge in [0.15, 0.2) is 0 Å². The van der Waals surface area contributed by atoms with Crippen LogP contribution in [0.15, 0.2) is 36.4 Å². The summed E-state index contributed by atoms with van der Waals surface area (Å²) in [6, 6.07) is 9.60. The van der Waals surface area contributed by atoms with Crippen LogP contribution in [0, 0.1) is 16.0 Å². The molecule has 2 aromatic rings. The zero-order valence-electron chi connectivity index (χ0n) is 12.9. The number of nitro groups is 1. The van der Waals surface area contributed by atoms with Gasteiger partial charge in [-0.3, -0.25) is 14.9 Å². The fourth-order valence-electron chi connectivity index (χ4n) is 2.17. The highest BCUT2D eigenvalue weighted by Crippen LogP contribution is 2.27. The number of carbonyl (C=O) groups excluding carboxylic acids is 1. The molecule has 1 saturated carbocycles. The van der Waals surface area contributed by atoms with E-state index in [1.165, 1.54) is 25.0 Å². The maximum atomic E-state index is 11.7. The molecule has 0 saturated heterocycles. The summed E-state index contributed by atoms with van der Waals surface area (Å²) in [6.07, 6.45) is 2.39. The van der Waals surface area contributed by atoms with Crippen LogP contribution < -0.4 is 10.6 Å². The summed E-state index contributed by atoms with van der Waals surface area (Å²) in [5, 5.41) is 24.6. The monoisotopic (exact) mass is 327 g/mol. The van der Waals surface area contributed by atoms with Crippen LogP contribution in [0.1, 0.15) is 12.8 Å². The molecule has 0 unspecified atom stereocenters. The SMILES string of the molecule is O=C(CNc1ccc(-c2cccc([N+](=O)[O-])c2)nn1)NCC1CC1. The lowest BCUT2D eigenvalue weighted by Gasteiger charge is -2.07. The molecule has 0 aliphatic heterocycles. The molecule has 24 heavy (non-hydrogen) atoms. The van der Waals surface area contributed by atoms with Crippen LogP contribution in [0.4, 0.5) is 11.5 Å². The molecule has 1 fully saturated rings. The van der Waals surface area contributed by atoms with Crippen LogP contribution in [0.2, 0.25) is 0 Å². The maximum absolute atomic E-state index is 11.7. The summed E-state index contributed by atoms with van der Waals surface area (Å²) in [7, 11) is 0. The second kappa shape index (κ2) is 7.03. The third-order valence-corrected chi connectivity index (χ3v) is 3.73. The molecule has 1 amide bonds. The molecule has 0 spiro atoms. The second-order valence-corrected chi connectivity index (χ2v) is 5.71. The number of non-ortho nitro benzene ring substituents is 1. The molecule has 0 radical (unpaired) electrons. The van der Waals surface area contributed by atoms with Crippen molar-refractivity contribution in [3.8, 4) is 11.3 Å². The number of nitrogens with zero attached hydrogens (tertiary/aromatic N) is 3. The van der Waals surface area contributed by atoms with Crippen LogP contribution in [0.25, 0.3) is 11.3 Å². The first-order valence-electron chi connectivity index (χ1n) is 7.71. The number of benzene rings is 1. The molecular weight excluding hydrogens is 310 g/mol. The fraction of sp³-hybridized carbons (Fsp3) is 0.312. The second-order valence-electron chi connectivity index (χ2n) is 5.71. The van der Waals surface area contributed by atoms with Gasteiger partial charge in [-0.25, -0.2) is 0 Å². The zero-order chi connectivity index (χ0) is 16.9. The molecule has 1 aromatic heterocycles. The first-order chi connectivity index (χ1) is 11.6. The van der Waals surface area contributed by atoms with Gasteiger partial charge in [-0.1, -0.05) is 12.1 Å². The van der Waals surface area contributed by atoms with E-state index in [0.29, 0.717) is 23.0 Å². The molecule has 8 nitrogen and oxygen atoms in total. The number of anilines is 1. The van der Waals surface area contributed by atoms with Crippen molar-refractivity contribution in [2.75, 3.05) is 18.4 Å². The van der Waals surface area contributed by atoms with Crippen LogP contribution in [0.5, 0.6) is 0 Å². The molecular formula is C16H17N5O3. The van der Waals surface area contributed by atoms with Crippen LogP contribution in [-0.4, -0.2) is 34.1 Å². The predicted octanol–water partition coefficient (Wildman–Crippen LogP) is 1.99. The van der Waals surface area contributed by atoms with Gasteiger partial charge in [-0.2, -0.15) is 0 Å². The fourth-order valence-corrected chi connectivity index (χ4v) is 2.17. The van der Waals surface area contributed by atoms with Gasteiger partial charge < -0.3 is 10.6 Å². The highest BCUT2D eigenvalue weighted by molar-refractivity contribution is 5.80. The van der Waals surface area contributed by atoms with Crippen molar-refractivity contribution >= 4 is 17.4 Å². The molecule has 0 atom stereocenters. The Morgan fingerprint density at radius 1 is 1.25 bits per heavy atom. The van der Waals surface area contributed by atoms with Crippen molar-refractivity contribution in [3.63, 3.8) is 0 Å². The van der Waals surface area contributed by atoms with Crippen molar-refractivity contribution in [2.24, 2.45) is 5.92 Å². The number of aromatic nitrogens is 2. The number of carbonyl (C=O) groups is 1. The van der Waals surface area contributed by atoms with E-state index in [4.69, 9.17) is 0 Å². The molecule has 1 heterocycles. The Labute approximate surface area is 138 Å². The standard InChI is InChI=1S/C16H17N5O3/c22-16(18-9-11-4-5-11)10-17-15-7-6-14(19-20-15)12-2-1-3-13(8-12)21(23)24/h1-3,6-8,11H,4-5,9-10H2,(H,17,20)(H,18,22). The molecule has 1 aliphatic rings. The number of amides is 1. The van der Waals surface area contributed by atoms with Gasteiger partial charge in [-0.05, 0) is 30.9 Å². The molecule has 0 bridgehead atoms. The number of rotatable bonds is 7. The minimum atomic E-state index is -0.451. The maximum Gasteiger partial charge on any atom is 0.270 e. The Bertz CT molecular complexity index is 744. The third-order valence-electron chi connectivity index (χ3n) is 3.73. The highest BCUT2D eigenvalue weighted by Gasteiger charge is 2.21. The van der Waals surface area contributed by atoms with Crippen molar-refractivity contribution in [1.82, 2.24) is 15.5 Å². The number of nitro benzene ring substituents is 1. The summed E-state index contributed by atoms with van der Waals surface area (Å²) in [6.45, 7) is 0.871. The molecule has 3 rings (SSSR count). The largest absolute Gasteiger partial charge is 0.360 e.